The molecule has 0 N–H and O–H groups in total. The molecule has 1 aromatic rings. The largest absolute Gasteiger partial charge is 0.207 e. The fourth-order valence-corrected chi connectivity index (χ4v) is 1.98. The van der Waals surface area contributed by atoms with Gasteiger partial charge in [0.2, 0.25) is 0 Å². The third-order valence-corrected chi connectivity index (χ3v) is 2.71. The van der Waals surface area contributed by atoms with Crippen LogP contribution in [0.3, 0.4) is 0 Å². The van der Waals surface area contributed by atoms with Crippen LogP contribution in [0, 0.1) is 17.5 Å². The van der Waals surface area contributed by atoms with Crippen molar-refractivity contribution in [1.29, 1.82) is 0 Å². The van der Waals surface area contributed by atoms with Crippen molar-refractivity contribution in [1.82, 2.24) is 0 Å². The Hall–Kier alpha value is -0.700. The van der Waals surface area contributed by atoms with Gasteiger partial charge in [0.25, 0.3) is 0 Å². The molecular formula is C9H6ClF3. The zero-order valence-corrected chi connectivity index (χ0v) is 7.34. The molecule has 0 fully saturated rings. The highest BCUT2D eigenvalue weighted by Gasteiger charge is 2.29. The van der Waals surface area contributed by atoms with E-state index >= 15 is 0 Å². The molecule has 1 aliphatic rings. The van der Waals surface area contributed by atoms with Gasteiger partial charge in [0.15, 0.2) is 11.6 Å². The third kappa shape index (κ3) is 1.22. The smallest absolute Gasteiger partial charge is 0.163 e. The minimum atomic E-state index is -1.16. The fraction of sp³-hybridized carbons (Fsp3) is 0.333. The number of alkyl halides is 1. The lowest BCUT2D eigenvalue weighted by atomic mass is 10.1. The van der Waals surface area contributed by atoms with Crippen LogP contribution in [0.15, 0.2) is 6.07 Å². The van der Waals surface area contributed by atoms with E-state index < -0.39 is 22.8 Å². The molecule has 0 spiro atoms. The highest BCUT2D eigenvalue weighted by molar-refractivity contribution is 6.21. The summed E-state index contributed by atoms with van der Waals surface area (Å²) in [7, 11) is 0. The first-order chi connectivity index (χ1) is 6.11. The van der Waals surface area contributed by atoms with Crippen molar-refractivity contribution in [2.24, 2.45) is 0 Å². The molecule has 0 radical (unpaired) electrons. The molecule has 1 unspecified atom stereocenters. The lowest BCUT2D eigenvalue weighted by Gasteiger charge is -2.05. The van der Waals surface area contributed by atoms with E-state index in [1.165, 1.54) is 0 Å². The summed E-state index contributed by atoms with van der Waals surface area (Å²) in [4.78, 5) is 0. The second kappa shape index (κ2) is 2.91. The molecule has 0 bridgehead atoms. The van der Waals surface area contributed by atoms with E-state index in [1.54, 1.807) is 0 Å². The van der Waals surface area contributed by atoms with Crippen LogP contribution in [0.1, 0.15) is 22.9 Å². The molecule has 2 rings (SSSR count). The number of hydrogen-bond acceptors (Lipinski definition) is 0. The van der Waals surface area contributed by atoms with Gasteiger partial charge in [0, 0.05) is 11.6 Å². The molecule has 0 saturated heterocycles. The lowest BCUT2D eigenvalue weighted by molar-refractivity contribution is 0.485. The summed E-state index contributed by atoms with van der Waals surface area (Å²) in [5.41, 5.74) is 0.220. The second-order valence-electron chi connectivity index (χ2n) is 3.05. The Morgan fingerprint density at radius 1 is 1.23 bits per heavy atom. The van der Waals surface area contributed by atoms with Crippen molar-refractivity contribution in [2.45, 2.75) is 18.2 Å². The van der Waals surface area contributed by atoms with Gasteiger partial charge in [-0.25, -0.2) is 13.2 Å². The summed E-state index contributed by atoms with van der Waals surface area (Å²) in [5.74, 6) is -2.87. The van der Waals surface area contributed by atoms with Crippen LogP contribution in [-0.2, 0) is 6.42 Å². The zero-order valence-electron chi connectivity index (χ0n) is 6.58. The minimum Gasteiger partial charge on any atom is -0.207 e. The second-order valence-corrected chi connectivity index (χ2v) is 3.58. The van der Waals surface area contributed by atoms with Crippen molar-refractivity contribution < 1.29 is 13.2 Å². The number of fused-ring (bicyclic) bond motifs is 1. The topological polar surface area (TPSA) is 0 Å². The van der Waals surface area contributed by atoms with Crippen LogP contribution in [0.5, 0.6) is 0 Å². The van der Waals surface area contributed by atoms with Crippen molar-refractivity contribution >= 4 is 11.6 Å². The Labute approximate surface area is 78.3 Å². The van der Waals surface area contributed by atoms with E-state index in [0.29, 0.717) is 18.9 Å². The van der Waals surface area contributed by atoms with Crippen LogP contribution < -0.4 is 0 Å². The van der Waals surface area contributed by atoms with E-state index in [0.717, 1.165) is 0 Å². The molecule has 70 valence electrons. The minimum absolute atomic E-state index is 0.000772. The van der Waals surface area contributed by atoms with Crippen LogP contribution in [0.4, 0.5) is 13.2 Å². The predicted octanol–water partition coefficient (Wildman–Crippen LogP) is 3.33. The van der Waals surface area contributed by atoms with E-state index in [4.69, 9.17) is 11.6 Å². The predicted molar refractivity (Wildman–Crippen MR) is 43.2 cm³/mol. The number of rotatable bonds is 0. The molecule has 1 atom stereocenters. The number of hydrogen-bond donors (Lipinski definition) is 0. The Bertz CT molecular complexity index is 362. The molecule has 0 saturated carbocycles. The normalized spacial score (nSPS) is 20.5. The van der Waals surface area contributed by atoms with Gasteiger partial charge in [-0.05, 0) is 18.4 Å². The van der Waals surface area contributed by atoms with E-state index in [-0.39, 0.29) is 11.1 Å². The Morgan fingerprint density at radius 2 is 1.92 bits per heavy atom. The van der Waals surface area contributed by atoms with Gasteiger partial charge in [-0.2, -0.15) is 0 Å². The molecule has 0 aliphatic heterocycles. The summed E-state index contributed by atoms with van der Waals surface area (Å²) in [6.07, 6.45) is 0.848. The third-order valence-electron chi connectivity index (χ3n) is 2.27. The molecular weight excluding hydrogens is 201 g/mol. The average Bonchev–Trinajstić information content (AvgIpc) is 2.44. The zero-order chi connectivity index (χ0) is 9.59. The molecule has 1 aromatic carbocycles. The Kier molecular flexibility index (Phi) is 1.99. The maximum Gasteiger partial charge on any atom is 0.163 e. The van der Waals surface area contributed by atoms with Gasteiger partial charge in [0.05, 0.1) is 5.38 Å². The first-order valence-corrected chi connectivity index (χ1v) is 4.35. The molecule has 0 nitrogen and oxygen atoms in total. The lowest BCUT2D eigenvalue weighted by Crippen LogP contribution is -1.98. The quantitative estimate of drug-likeness (QED) is 0.451. The summed E-state index contributed by atoms with van der Waals surface area (Å²) >= 11 is 5.72. The highest BCUT2D eigenvalue weighted by Crippen LogP contribution is 2.39. The monoisotopic (exact) mass is 206 g/mol. The van der Waals surface area contributed by atoms with Gasteiger partial charge < -0.3 is 0 Å². The van der Waals surface area contributed by atoms with Crippen molar-refractivity contribution in [3.63, 3.8) is 0 Å². The Morgan fingerprint density at radius 3 is 2.62 bits per heavy atom. The Balaban J connectivity index is 2.70. The van der Waals surface area contributed by atoms with Crippen LogP contribution in [-0.4, -0.2) is 0 Å². The average molecular weight is 207 g/mol. The van der Waals surface area contributed by atoms with Crippen LogP contribution in [0.25, 0.3) is 0 Å². The summed E-state index contributed by atoms with van der Waals surface area (Å²) < 4.78 is 38.9. The van der Waals surface area contributed by atoms with E-state index in [1.807, 2.05) is 0 Å². The molecule has 0 heterocycles. The van der Waals surface area contributed by atoms with Crippen molar-refractivity contribution in [3.05, 3.63) is 34.6 Å². The van der Waals surface area contributed by atoms with Crippen LogP contribution >= 0.6 is 11.6 Å². The first kappa shape index (κ1) is 8.88. The number of halogens is 4. The van der Waals surface area contributed by atoms with Gasteiger partial charge >= 0.3 is 0 Å². The van der Waals surface area contributed by atoms with Crippen molar-refractivity contribution in [3.8, 4) is 0 Å². The molecule has 0 aromatic heterocycles. The standard InChI is InChI=1S/C9H6ClF3/c10-5-2-1-4-6(11)3-7(12)9(13)8(4)5/h3,5H,1-2H2. The summed E-state index contributed by atoms with van der Waals surface area (Å²) in [6, 6.07) is 0.573. The summed E-state index contributed by atoms with van der Waals surface area (Å²) in [5, 5.41) is -0.597. The van der Waals surface area contributed by atoms with Crippen LogP contribution in [0.2, 0.25) is 0 Å². The molecule has 1 aliphatic carbocycles. The number of benzene rings is 1. The van der Waals surface area contributed by atoms with Gasteiger partial charge in [-0.15, -0.1) is 11.6 Å². The maximum atomic E-state index is 13.1. The SMILES string of the molecule is Fc1cc(F)c2c(c1F)C(Cl)CC2. The van der Waals surface area contributed by atoms with E-state index in [9.17, 15) is 13.2 Å². The van der Waals surface area contributed by atoms with Gasteiger partial charge in [-0.1, -0.05) is 0 Å². The maximum absolute atomic E-state index is 13.1. The first-order valence-electron chi connectivity index (χ1n) is 3.91. The summed E-state index contributed by atoms with van der Waals surface area (Å²) in [6.45, 7) is 0. The fourth-order valence-electron chi connectivity index (χ4n) is 1.65. The van der Waals surface area contributed by atoms with E-state index in [2.05, 4.69) is 0 Å². The van der Waals surface area contributed by atoms with Crippen molar-refractivity contribution in [2.75, 3.05) is 0 Å². The molecule has 13 heavy (non-hydrogen) atoms. The van der Waals surface area contributed by atoms with Gasteiger partial charge in [-0.3, -0.25) is 0 Å². The molecule has 4 heteroatoms. The molecule has 0 amide bonds. The van der Waals surface area contributed by atoms with Gasteiger partial charge in [0.1, 0.15) is 5.82 Å². The highest BCUT2D eigenvalue weighted by atomic mass is 35.5.